The van der Waals surface area contributed by atoms with E-state index in [1.54, 1.807) is 0 Å². The van der Waals surface area contributed by atoms with Crippen molar-refractivity contribution in [2.75, 3.05) is 0 Å². The smallest absolute Gasteiger partial charge is 0.119 e. The summed E-state index contributed by atoms with van der Waals surface area (Å²) in [6, 6.07) is 23.0. The van der Waals surface area contributed by atoms with E-state index in [1.165, 1.54) is 22.3 Å². The number of rotatable bonds is 3. The van der Waals surface area contributed by atoms with Gasteiger partial charge in [0.1, 0.15) is 5.16 Å². The van der Waals surface area contributed by atoms with E-state index in [0.717, 1.165) is 21.0 Å². The fourth-order valence-electron chi connectivity index (χ4n) is 3.17. The van der Waals surface area contributed by atoms with Crippen molar-refractivity contribution in [2.24, 2.45) is 0 Å². The molecule has 25 heavy (non-hydrogen) atoms. The molecule has 0 bridgehead atoms. The fraction of sp³-hybridized carbons (Fsp3) is 0.0952. The number of aromatic nitrogens is 1. The average Bonchev–Trinajstić information content (AvgIpc) is 2.67. The van der Waals surface area contributed by atoms with Gasteiger partial charge >= 0.3 is 0 Å². The lowest BCUT2D eigenvalue weighted by Gasteiger charge is -2.31. The van der Waals surface area contributed by atoms with Gasteiger partial charge in [0.25, 0.3) is 0 Å². The van der Waals surface area contributed by atoms with Crippen LogP contribution in [0.2, 0.25) is 0 Å². The maximum atomic E-state index is 6.68. The van der Waals surface area contributed by atoms with Gasteiger partial charge in [0.15, 0.2) is 0 Å². The van der Waals surface area contributed by atoms with Crippen molar-refractivity contribution >= 4 is 37.8 Å². The third-order valence-electron chi connectivity index (χ3n) is 4.38. The Labute approximate surface area is 166 Å². The van der Waals surface area contributed by atoms with Crippen LogP contribution in [-0.2, 0) is 13.1 Å². The third kappa shape index (κ3) is 3.31. The first-order chi connectivity index (χ1) is 12.2. The van der Waals surface area contributed by atoms with Crippen molar-refractivity contribution in [2.45, 2.75) is 13.1 Å². The molecule has 1 aliphatic rings. The monoisotopic (exact) mass is 458 g/mol. The maximum Gasteiger partial charge on any atom is 0.119 e. The predicted molar refractivity (Wildman–Crippen MR) is 112 cm³/mol. The fourth-order valence-corrected chi connectivity index (χ4v) is 4.24. The molecule has 0 unspecified atom stereocenters. The highest BCUT2D eigenvalue weighted by molar-refractivity contribution is 14.1. The van der Waals surface area contributed by atoms with Crippen LogP contribution in [0.25, 0.3) is 14.7 Å². The minimum atomic E-state index is 0.703. The third-order valence-corrected chi connectivity index (χ3v) is 6.22. The Hall–Kier alpha value is -1.85. The van der Waals surface area contributed by atoms with Gasteiger partial charge < -0.3 is 4.90 Å². The molecule has 0 saturated heterocycles. The molecule has 4 rings (SSSR count). The Bertz CT molecular complexity index is 923. The van der Waals surface area contributed by atoms with Crippen molar-refractivity contribution in [3.8, 4) is 11.1 Å². The molecule has 0 amide bonds. The molecule has 0 saturated carbocycles. The molecular weight excluding hydrogens is 443 g/mol. The highest BCUT2D eigenvalue weighted by atomic mass is 127. The molecule has 4 heteroatoms. The highest BCUT2D eigenvalue weighted by Crippen LogP contribution is 2.42. The zero-order valence-electron chi connectivity index (χ0n) is 13.5. The van der Waals surface area contributed by atoms with Crippen LogP contribution in [0.1, 0.15) is 16.8 Å². The second-order valence-corrected chi connectivity index (χ2v) is 7.42. The molecule has 0 fully saturated rings. The van der Waals surface area contributed by atoms with E-state index in [2.05, 4.69) is 74.9 Å². The molecule has 0 aliphatic carbocycles. The first kappa shape index (κ1) is 16.6. The standard InChI is InChI=1S/C21H16ClIN2/c22-21-20(23)18-11-6-10-17(15-7-2-1-3-8-15)19(18)14-25(21)13-16-9-4-5-12-24-16/h1-12H,13-14H2. The Kier molecular flexibility index (Phi) is 4.77. The summed E-state index contributed by atoms with van der Waals surface area (Å²) >= 11 is 9.03. The van der Waals surface area contributed by atoms with Crippen molar-refractivity contribution < 1.29 is 0 Å². The van der Waals surface area contributed by atoms with Crippen LogP contribution >= 0.6 is 34.2 Å². The summed E-state index contributed by atoms with van der Waals surface area (Å²) in [5.74, 6) is 0. The van der Waals surface area contributed by atoms with Gasteiger partial charge in [-0.05, 0) is 57.0 Å². The molecule has 0 radical (unpaired) electrons. The van der Waals surface area contributed by atoms with Crippen LogP contribution in [-0.4, -0.2) is 9.88 Å². The number of hydrogen-bond donors (Lipinski definition) is 0. The normalized spacial score (nSPS) is 13.8. The molecule has 0 spiro atoms. The Morgan fingerprint density at radius 2 is 1.68 bits per heavy atom. The minimum Gasteiger partial charge on any atom is -0.351 e. The number of hydrogen-bond acceptors (Lipinski definition) is 2. The largest absolute Gasteiger partial charge is 0.351 e. The molecule has 2 nitrogen and oxygen atoms in total. The van der Waals surface area contributed by atoms with Gasteiger partial charge in [-0.1, -0.05) is 66.2 Å². The number of benzene rings is 2. The molecule has 2 aromatic carbocycles. The summed E-state index contributed by atoms with van der Waals surface area (Å²) in [6.07, 6.45) is 1.82. The van der Waals surface area contributed by atoms with Gasteiger partial charge in [0, 0.05) is 12.7 Å². The summed E-state index contributed by atoms with van der Waals surface area (Å²) < 4.78 is 1.09. The van der Waals surface area contributed by atoms with Crippen LogP contribution < -0.4 is 0 Å². The van der Waals surface area contributed by atoms with E-state index in [1.807, 2.05) is 30.5 Å². The molecular formula is C21H16ClIN2. The van der Waals surface area contributed by atoms with Crippen LogP contribution in [0.4, 0.5) is 0 Å². The van der Waals surface area contributed by atoms with Gasteiger partial charge in [-0.2, -0.15) is 0 Å². The Morgan fingerprint density at radius 3 is 2.44 bits per heavy atom. The topological polar surface area (TPSA) is 16.1 Å². The van der Waals surface area contributed by atoms with E-state index in [-0.39, 0.29) is 0 Å². The van der Waals surface area contributed by atoms with Crippen molar-refractivity contribution in [3.05, 3.63) is 94.9 Å². The molecule has 0 atom stereocenters. The molecule has 124 valence electrons. The van der Waals surface area contributed by atoms with E-state index < -0.39 is 0 Å². The molecule has 2 heterocycles. The maximum absolute atomic E-state index is 6.68. The second kappa shape index (κ2) is 7.18. The highest BCUT2D eigenvalue weighted by Gasteiger charge is 2.25. The minimum absolute atomic E-state index is 0.703. The molecule has 1 aliphatic heterocycles. The first-order valence-corrected chi connectivity index (χ1v) is 9.57. The van der Waals surface area contributed by atoms with Crippen molar-refractivity contribution in [1.82, 2.24) is 9.88 Å². The van der Waals surface area contributed by atoms with Gasteiger partial charge in [0.05, 0.1) is 15.8 Å². The lowest BCUT2D eigenvalue weighted by molar-refractivity contribution is 0.344. The number of nitrogens with zero attached hydrogens (tertiary/aromatic N) is 2. The van der Waals surface area contributed by atoms with Gasteiger partial charge in [-0.3, -0.25) is 4.98 Å². The van der Waals surface area contributed by atoms with E-state index >= 15 is 0 Å². The summed E-state index contributed by atoms with van der Waals surface area (Å²) in [5.41, 5.74) is 6.06. The number of pyridine rings is 1. The zero-order chi connectivity index (χ0) is 17.2. The lowest BCUT2D eigenvalue weighted by atomic mass is 9.93. The second-order valence-electron chi connectivity index (χ2n) is 5.98. The van der Waals surface area contributed by atoms with E-state index in [9.17, 15) is 0 Å². The van der Waals surface area contributed by atoms with Crippen molar-refractivity contribution in [3.63, 3.8) is 0 Å². The molecule has 0 N–H and O–H groups in total. The Morgan fingerprint density at radius 1 is 0.920 bits per heavy atom. The van der Waals surface area contributed by atoms with Crippen LogP contribution in [0.15, 0.2) is 78.1 Å². The zero-order valence-corrected chi connectivity index (χ0v) is 16.4. The quantitative estimate of drug-likeness (QED) is 0.350. The summed E-state index contributed by atoms with van der Waals surface area (Å²) in [5, 5.41) is 0.795. The molecule has 1 aromatic heterocycles. The summed E-state index contributed by atoms with van der Waals surface area (Å²) in [7, 11) is 0. The van der Waals surface area contributed by atoms with E-state index in [4.69, 9.17) is 11.6 Å². The van der Waals surface area contributed by atoms with Crippen molar-refractivity contribution in [1.29, 1.82) is 0 Å². The summed E-state index contributed by atoms with van der Waals surface area (Å²) in [6.45, 7) is 1.48. The predicted octanol–water partition coefficient (Wildman–Crippen LogP) is 6.06. The van der Waals surface area contributed by atoms with Crippen LogP contribution in [0.3, 0.4) is 0 Å². The average molecular weight is 459 g/mol. The van der Waals surface area contributed by atoms with Gasteiger partial charge in [0.2, 0.25) is 0 Å². The summed E-state index contributed by atoms with van der Waals surface area (Å²) in [4.78, 5) is 6.64. The van der Waals surface area contributed by atoms with Gasteiger partial charge in [-0.25, -0.2) is 0 Å². The number of halogens is 2. The first-order valence-electron chi connectivity index (χ1n) is 8.12. The van der Waals surface area contributed by atoms with E-state index in [0.29, 0.717) is 6.54 Å². The Balaban J connectivity index is 1.77. The van der Waals surface area contributed by atoms with Crippen LogP contribution in [0.5, 0.6) is 0 Å². The number of fused-ring (bicyclic) bond motifs is 1. The lowest BCUT2D eigenvalue weighted by Crippen LogP contribution is -2.25. The SMILES string of the molecule is ClC1=C(I)c2cccc(-c3ccccc3)c2CN1Cc1ccccn1. The molecule has 3 aromatic rings. The van der Waals surface area contributed by atoms with Gasteiger partial charge in [-0.15, -0.1) is 0 Å². The van der Waals surface area contributed by atoms with Crippen LogP contribution in [0, 0.1) is 0 Å².